The first-order valence-corrected chi connectivity index (χ1v) is 6.02. The third-order valence-corrected chi connectivity index (χ3v) is 3.53. The van der Waals surface area contributed by atoms with Gasteiger partial charge in [-0.05, 0) is 44.7 Å². The van der Waals surface area contributed by atoms with Crippen molar-refractivity contribution in [3.8, 4) is 0 Å². The van der Waals surface area contributed by atoms with Gasteiger partial charge in [-0.25, -0.2) is 4.68 Å². The van der Waals surface area contributed by atoms with Gasteiger partial charge < -0.3 is 5.32 Å². The fourth-order valence-corrected chi connectivity index (χ4v) is 2.41. The maximum absolute atomic E-state index is 4.22. The first-order chi connectivity index (χ1) is 7.43. The second kappa shape index (κ2) is 3.93. The number of hydrogen-bond acceptors (Lipinski definition) is 3. The molecule has 82 valence electrons. The fraction of sp³-hybridized carbons (Fsp3) is 0.818. The Labute approximate surface area is 90.0 Å². The zero-order valence-electron chi connectivity index (χ0n) is 9.02. The molecule has 0 spiro atoms. The molecular weight excluding hydrogens is 188 g/mol. The first-order valence-electron chi connectivity index (χ1n) is 6.02. The van der Waals surface area contributed by atoms with Crippen molar-refractivity contribution >= 4 is 0 Å². The molecule has 2 aliphatic rings. The summed E-state index contributed by atoms with van der Waals surface area (Å²) in [5.74, 6) is 1.56. The SMILES string of the molecule is c1nnn(CC2CCNCC2)c1C1CC1. The lowest BCUT2D eigenvalue weighted by Gasteiger charge is -2.22. The molecule has 0 atom stereocenters. The molecule has 1 N–H and O–H groups in total. The summed E-state index contributed by atoms with van der Waals surface area (Å²) >= 11 is 0. The van der Waals surface area contributed by atoms with Crippen LogP contribution in [0.2, 0.25) is 0 Å². The van der Waals surface area contributed by atoms with Gasteiger partial charge in [0.2, 0.25) is 0 Å². The number of rotatable bonds is 3. The van der Waals surface area contributed by atoms with Crippen LogP contribution in [0.4, 0.5) is 0 Å². The molecule has 4 heteroatoms. The highest BCUT2D eigenvalue weighted by Gasteiger charge is 2.28. The zero-order valence-corrected chi connectivity index (χ0v) is 9.02. The summed E-state index contributed by atoms with van der Waals surface area (Å²) in [7, 11) is 0. The van der Waals surface area contributed by atoms with Crippen molar-refractivity contribution in [3.63, 3.8) is 0 Å². The van der Waals surface area contributed by atoms with E-state index in [1.807, 2.05) is 6.20 Å². The Balaban J connectivity index is 1.67. The minimum atomic E-state index is 0.765. The Morgan fingerprint density at radius 3 is 2.80 bits per heavy atom. The van der Waals surface area contributed by atoms with Crippen LogP contribution in [0, 0.1) is 5.92 Å². The zero-order chi connectivity index (χ0) is 10.1. The van der Waals surface area contributed by atoms with Crippen molar-refractivity contribution in [2.24, 2.45) is 5.92 Å². The first kappa shape index (κ1) is 9.33. The van der Waals surface area contributed by atoms with Crippen LogP contribution in [0.25, 0.3) is 0 Å². The van der Waals surface area contributed by atoms with E-state index in [0.717, 1.165) is 31.5 Å². The van der Waals surface area contributed by atoms with E-state index in [1.165, 1.54) is 31.4 Å². The summed E-state index contributed by atoms with van der Waals surface area (Å²) in [5.41, 5.74) is 1.37. The van der Waals surface area contributed by atoms with Gasteiger partial charge in [0.1, 0.15) is 0 Å². The van der Waals surface area contributed by atoms with Crippen molar-refractivity contribution in [2.45, 2.75) is 38.1 Å². The summed E-state index contributed by atoms with van der Waals surface area (Å²) in [5, 5.41) is 11.7. The second-order valence-corrected chi connectivity index (χ2v) is 4.81. The molecule has 1 aliphatic heterocycles. The molecule has 3 rings (SSSR count). The molecule has 1 saturated heterocycles. The molecule has 2 fully saturated rings. The molecule has 15 heavy (non-hydrogen) atoms. The van der Waals surface area contributed by atoms with Gasteiger partial charge in [0.05, 0.1) is 11.9 Å². The summed E-state index contributed by atoms with van der Waals surface area (Å²) in [6.45, 7) is 3.41. The van der Waals surface area contributed by atoms with Crippen molar-refractivity contribution in [1.29, 1.82) is 0 Å². The highest BCUT2D eigenvalue weighted by molar-refractivity contribution is 5.10. The van der Waals surface area contributed by atoms with Crippen LogP contribution in [-0.2, 0) is 6.54 Å². The molecule has 1 aromatic heterocycles. The predicted octanol–water partition coefficient (Wildman–Crippen LogP) is 1.16. The van der Waals surface area contributed by atoms with E-state index >= 15 is 0 Å². The normalized spacial score (nSPS) is 23.2. The lowest BCUT2D eigenvalue weighted by atomic mass is 9.98. The van der Waals surface area contributed by atoms with Gasteiger partial charge in [-0.1, -0.05) is 5.21 Å². The number of nitrogens with zero attached hydrogens (tertiary/aromatic N) is 3. The van der Waals surface area contributed by atoms with Crippen LogP contribution in [-0.4, -0.2) is 28.1 Å². The van der Waals surface area contributed by atoms with Crippen LogP contribution >= 0.6 is 0 Å². The number of piperidine rings is 1. The van der Waals surface area contributed by atoms with Gasteiger partial charge >= 0.3 is 0 Å². The molecule has 2 heterocycles. The Kier molecular flexibility index (Phi) is 2.44. The van der Waals surface area contributed by atoms with Gasteiger partial charge in [0.25, 0.3) is 0 Å². The van der Waals surface area contributed by atoms with Crippen molar-refractivity contribution in [2.75, 3.05) is 13.1 Å². The third-order valence-electron chi connectivity index (χ3n) is 3.53. The topological polar surface area (TPSA) is 42.7 Å². The second-order valence-electron chi connectivity index (χ2n) is 4.81. The van der Waals surface area contributed by atoms with Gasteiger partial charge in [-0.3, -0.25) is 0 Å². The maximum Gasteiger partial charge on any atom is 0.0728 e. The largest absolute Gasteiger partial charge is 0.317 e. The van der Waals surface area contributed by atoms with Gasteiger partial charge in [0.15, 0.2) is 0 Å². The quantitative estimate of drug-likeness (QED) is 0.807. The van der Waals surface area contributed by atoms with E-state index in [0.29, 0.717) is 0 Å². The Morgan fingerprint density at radius 2 is 2.07 bits per heavy atom. The molecule has 0 radical (unpaired) electrons. The molecule has 0 amide bonds. The van der Waals surface area contributed by atoms with Crippen LogP contribution in [0.5, 0.6) is 0 Å². The fourth-order valence-electron chi connectivity index (χ4n) is 2.41. The molecule has 0 bridgehead atoms. The summed E-state index contributed by atoms with van der Waals surface area (Å²) < 4.78 is 2.15. The Bertz CT molecular complexity index is 323. The molecule has 0 unspecified atom stereocenters. The van der Waals surface area contributed by atoms with Gasteiger partial charge in [0, 0.05) is 12.5 Å². The third kappa shape index (κ3) is 2.04. The molecule has 1 aliphatic carbocycles. The lowest BCUT2D eigenvalue weighted by molar-refractivity contribution is 0.314. The van der Waals surface area contributed by atoms with Gasteiger partial charge in [-0.2, -0.15) is 0 Å². The molecule has 1 saturated carbocycles. The molecule has 0 aromatic carbocycles. The smallest absolute Gasteiger partial charge is 0.0728 e. The number of nitrogens with one attached hydrogen (secondary N) is 1. The monoisotopic (exact) mass is 206 g/mol. The van der Waals surface area contributed by atoms with Gasteiger partial charge in [-0.15, -0.1) is 5.10 Å². The van der Waals surface area contributed by atoms with Crippen LogP contribution in [0.3, 0.4) is 0 Å². The van der Waals surface area contributed by atoms with E-state index in [4.69, 9.17) is 0 Å². The summed E-state index contributed by atoms with van der Waals surface area (Å²) in [4.78, 5) is 0. The summed E-state index contributed by atoms with van der Waals surface area (Å²) in [6, 6.07) is 0. The highest BCUT2D eigenvalue weighted by atomic mass is 15.4. The highest BCUT2D eigenvalue weighted by Crippen LogP contribution is 2.39. The average molecular weight is 206 g/mol. The molecule has 4 nitrogen and oxygen atoms in total. The maximum atomic E-state index is 4.22. The summed E-state index contributed by atoms with van der Waals surface area (Å²) in [6.07, 6.45) is 7.19. The van der Waals surface area contributed by atoms with E-state index in [9.17, 15) is 0 Å². The van der Waals surface area contributed by atoms with Crippen molar-refractivity contribution in [1.82, 2.24) is 20.3 Å². The number of hydrogen-bond donors (Lipinski definition) is 1. The van der Waals surface area contributed by atoms with E-state index in [2.05, 4.69) is 20.3 Å². The molecular formula is C11H18N4. The minimum absolute atomic E-state index is 0.765. The van der Waals surface area contributed by atoms with E-state index < -0.39 is 0 Å². The van der Waals surface area contributed by atoms with Crippen LogP contribution in [0.15, 0.2) is 6.20 Å². The van der Waals surface area contributed by atoms with E-state index in [1.54, 1.807) is 0 Å². The van der Waals surface area contributed by atoms with Crippen molar-refractivity contribution in [3.05, 3.63) is 11.9 Å². The predicted molar refractivity (Wildman–Crippen MR) is 57.6 cm³/mol. The van der Waals surface area contributed by atoms with Crippen LogP contribution < -0.4 is 5.32 Å². The lowest BCUT2D eigenvalue weighted by Crippen LogP contribution is -2.30. The standard InChI is InChI=1S/C11H18N4/c1-2-10(1)11-7-13-14-15(11)8-9-3-5-12-6-4-9/h7,9-10,12H,1-6,8H2. The average Bonchev–Trinajstić information content (AvgIpc) is 3.02. The van der Waals surface area contributed by atoms with Crippen molar-refractivity contribution < 1.29 is 0 Å². The molecule has 1 aromatic rings. The van der Waals surface area contributed by atoms with E-state index in [-0.39, 0.29) is 0 Å². The Morgan fingerprint density at radius 1 is 1.27 bits per heavy atom. The van der Waals surface area contributed by atoms with Crippen LogP contribution in [0.1, 0.15) is 37.3 Å². The minimum Gasteiger partial charge on any atom is -0.317 e. The Hall–Kier alpha value is -0.900. The number of aromatic nitrogens is 3.